The first-order chi connectivity index (χ1) is 10.6. The number of halogens is 6. The topological polar surface area (TPSA) is 50.2 Å². The number of carbonyl (C=O) groups is 1. The van der Waals surface area contributed by atoms with E-state index in [-0.39, 0.29) is 20.6 Å². The van der Waals surface area contributed by atoms with Gasteiger partial charge in [0.2, 0.25) is 0 Å². The Hall–Kier alpha value is -1.50. The lowest BCUT2D eigenvalue weighted by Crippen LogP contribution is -2.15. The lowest BCUT2D eigenvalue weighted by atomic mass is 9.98. The quantitative estimate of drug-likeness (QED) is 0.725. The second-order valence-electron chi connectivity index (χ2n) is 4.51. The summed E-state index contributed by atoms with van der Waals surface area (Å²) in [5, 5.41) is 8.81. The Bertz CT molecular complexity index is 779. The normalized spacial score (nSPS) is 11.6. The highest BCUT2D eigenvalue weighted by molar-refractivity contribution is 6.44. The fourth-order valence-electron chi connectivity index (χ4n) is 2.04. The van der Waals surface area contributed by atoms with E-state index in [2.05, 4.69) is 4.98 Å². The number of hydrogen-bond acceptors (Lipinski definition) is 2. The van der Waals surface area contributed by atoms with E-state index in [1.54, 1.807) is 0 Å². The summed E-state index contributed by atoms with van der Waals surface area (Å²) in [6.07, 6.45) is -4.53. The highest BCUT2D eigenvalue weighted by atomic mass is 35.5. The predicted octanol–water partition coefficient (Wildman–Crippen LogP) is 5.35. The minimum Gasteiger partial charge on any atom is -0.481 e. The minimum absolute atomic E-state index is 0.00429. The Kier molecular flexibility index (Phi) is 5.08. The lowest BCUT2D eigenvalue weighted by molar-refractivity contribution is -0.139. The molecule has 0 saturated heterocycles. The summed E-state index contributed by atoms with van der Waals surface area (Å²) in [7, 11) is 0. The van der Waals surface area contributed by atoms with Crippen LogP contribution >= 0.6 is 34.8 Å². The first-order valence-corrected chi connectivity index (χ1v) is 7.16. The molecule has 0 amide bonds. The summed E-state index contributed by atoms with van der Waals surface area (Å²) in [5.41, 5.74) is -2.17. The van der Waals surface area contributed by atoms with E-state index in [4.69, 9.17) is 39.9 Å². The number of rotatable bonds is 3. The van der Waals surface area contributed by atoms with Gasteiger partial charge < -0.3 is 5.11 Å². The van der Waals surface area contributed by atoms with E-state index in [1.165, 1.54) is 6.07 Å². The molecule has 2 aromatic rings. The Labute approximate surface area is 143 Å². The van der Waals surface area contributed by atoms with Crippen LogP contribution < -0.4 is 0 Å². The number of nitrogens with zero attached hydrogens (tertiary/aromatic N) is 1. The molecule has 1 aromatic carbocycles. The van der Waals surface area contributed by atoms with Crippen molar-refractivity contribution in [2.45, 2.75) is 12.6 Å². The van der Waals surface area contributed by atoms with Crippen LogP contribution in [-0.2, 0) is 17.4 Å². The number of benzene rings is 1. The molecular formula is C14H7Cl3F3NO2. The molecule has 0 saturated carbocycles. The molecule has 0 fully saturated rings. The maximum absolute atomic E-state index is 13.4. The van der Waals surface area contributed by atoms with Crippen LogP contribution in [0.4, 0.5) is 13.2 Å². The van der Waals surface area contributed by atoms with Gasteiger partial charge in [-0.05, 0) is 23.8 Å². The van der Waals surface area contributed by atoms with Crippen molar-refractivity contribution in [3.05, 3.63) is 50.6 Å². The van der Waals surface area contributed by atoms with Crippen molar-refractivity contribution in [3.8, 4) is 11.3 Å². The van der Waals surface area contributed by atoms with Gasteiger partial charge in [-0.2, -0.15) is 13.2 Å². The van der Waals surface area contributed by atoms with Gasteiger partial charge >= 0.3 is 12.1 Å². The molecule has 1 heterocycles. The van der Waals surface area contributed by atoms with Crippen molar-refractivity contribution in [1.29, 1.82) is 0 Å². The summed E-state index contributed by atoms with van der Waals surface area (Å²) in [6.45, 7) is 0. The van der Waals surface area contributed by atoms with Crippen LogP contribution in [0.25, 0.3) is 11.3 Å². The summed E-state index contributed by atoms with van der Waals surface area (Å²) in [5.74, 6) is -1.40. The third-order valence-electron chi connectivity index (χ3n) is 2.93. The first kappa shape index (κ1) is 17.8. The van der Waals surface area contributed by atoms with E-state index in [0.29, 0.717) is 0 Å². The summed E-state index contributed by atoms with van der Waals surface area (Å²) in [4.78, 5) is 14.5. The molecule has 3 nitrogen and oxygen atoms in total. The Morgan fingerprint density at radius 2 is 1.74 bits per heavy atom. The van der Waals surface area contributed by atoms with Gasteiger partial charge in [-0.1, -0.05) is 34.8 Å². The van der Waals surface area contributed by atoms with Crippen molar-refractivity contribution in [2.75, 3.05) is 0 Å². The van der Waals surface area contributed by atoms with E-state index in [9.17, 15) is 18.0 Å². The molecule has 0 aliphatic heterocycles. The number of carboxylic acid groups (broad SMARTS) is 1. The largest absolute Gasteiger partial charge is 0.481 e. The van der Waals surface area contributed by atoms with Crippen LogP contribution in [0.15, 0.2) is 24.4 Å². The fourth-order valence-corrected chi connectivity index (χ4v) is 2.67. The fraction of sp³-hybridized carbons (Fsp3) is 0.143. The SMILES string of the molecule is O=C(O)Cc1ccnc(-c2cc(Cl)c(Cl)cc2Cl)c1C(F)(F)F. The molecule has 0 bridgehead atoms. The molecule has 1 aromatic heterocycles. The first-order valence-electron chi connectivity index (χ1n) is 6.03. The Morgan fingerprint density at radius 1 is 1.13 bits per heavy atom. The standard InChI is InChI=1S/C14H7Cl3F3NO2/c15-8-5-10(17)9(16)4-7(8)13-12(14(18,19)20)6(1-2-21-13)3-11(22)23/h1-2,4-5H,3H2,(H,22,23). The van der Waals surface area contributed by atoms with Crippen LogP contribution in [0.1, 0.15) is 11.1 Å². The average Bonchev–Trinajstić information content (AvgIpc) is 2.40. The number of aliphatic carboxylic acids is 1. The average molecular weight is 385 g/mol. The minimum atomic E-state index is -4.82. The lowest BCUT2D eigenvalue weighted by Gasteiger charge is -2.17. The van der Waals surface area contributed by atoms with Gasteiger partial charge in [0, 0.05) is 11.8 Å². The van der Waals surface area contributed by atoms with Crippen LogP contribution in [0, 0.1) is 0 Å². The zero-order valence-electron chi connectivity index (χ0n) is 11.1. The maximum Gasteiger partial charge on any atom is 0.418 e. The molecule has 0 aliphatic carbocycles. The number of pyridine rings is 1. The van der Waals surface area contributed by atoms with Gasteiger partial charge in [0.05, 0.1) is 32.7 Å². The number of alkyl halides is 3. The van der Waals surface area contributed by atoms with E-state index in [1.807, 2.05) is 0 Å². The molecule has 0 unspecified atom stereocenters. The van der Waals surface area contributed by atoms with Crippen molar-refractivity contribution in [3.63, 3.8) is 0 Å². The second-order valence-corrected chi connectivity index (χ2v) is 5.73. The van der Waals surface area contributed by atoms with Crippen molar-refractivity contribution in [1.82, 2.24) is 4.98 Å². The molecule has 23 heavy (non-hydrogen) atoms. The Balaban J connectivity index is 2.77. The van der Waals surface area contributed by atoms with Crippen molar-refractivity contribution < 1.29 is 23.1 Å². The molecule has 0 atom stereocenters. The van der Waals surface area contributed by atoms with Gasteiger partial charge in [-0.15, -0.1) is 0 Å². The van der Waals surface area contributed by atoms with Gasteiger partial charge in [0.25, 0.3) is 0 Å². The van der Waals surface area contributed by atoms with Crippen LogP contribution in [0.3, 0.4) is 0 Å². The third-order valence-corrected chi connectivity index (χ3v) is 3.96. The van der Waals surface area contributed by atoms with Crippen LogP contribution in [-0.4, -0.2) is 16.1 Å². The molecule has 2 rings (SSSR count). The summed E-state index contributed by atoms with van der Waals surface area (Å²) >= 11 is 17.5. The van der Waals surface area contributed by atoms with Crippen molar-refractivity contribution in [2.24, 2.45) is 0 Å². The molecular weight excluding hydrogens is 378 g/mol. The van der Waals surface area contributed by atoms with Crippen LogP contribution in [0.2, 0.25) is 15.1 Å². The van der Waals surface area contributed by atoms with Crippen molar-refractivity contribution >= 4 is 40.8 Å². The van der Waals surface area contributed by atoms with Gasteiger partial charge in [-0.25, -0.2) is 0 Å². The number of carboxylic acids is 1. The zero-order valence-corrected chi connectivity index (χ0v) is 13.4. The third kappa shape index (κ3) is 3.88. The second kappa shape index (κ2) is 6.55. The molecule has 122 valence electrons. The van der Waals surface area contributed by atoms with Gasteiger partial charge in [0.1, 0.15) is 0 Å². The predicted molar refractivity (Wildman–Crippen MR) is 81.0 cm³/mol. The molecule has 1 N–H and O–H groups in total. The van der Waals surface area contributed by atoms with E-state index >= 15 is 0 Å². The molecule has 0 aliphatic rings. The smallest absolute Gasteiger partial charge is 0.418 e. The van der Waals surface area contributed by atoms with Crippen LogP contribution in [0.5, 0.6) is 0 Å². The zero-order chi connectivity index (χ0) is 17.4. The number of aromatic nitrogens is 1. The number of hydrogen-bond donors (Lipinski definition) is 1. The van der Waals surface area contributed by atoms with E-state index in [0.717, 1.165) is 18.3 Å². The van der Waals surface area contributed by atoms with Gasteiger partial charge in [-0.3, -0.25) is 9.78 Å². The maximum atomic E-state index is 13.4. The molecule has 9 heteroatoms. The molecule has 0 radical (unpaired) electrons. The summed E-state index contributed by atoms with van der Waals surface area (Å²) in [6, 6.07) is 3.37. The highest BCUT2D eigenvalue weighted by Crippen LogP contribution is 2.42. The highest BCUT2D eigenvalue weighted by Gasteiger charge is 2.38. The van der Waals surface area contributed by atoms with E-state index < -0.39 is 35.4 Å². The monoisotopic (exact) mass is 383 g/mol. The molecule has 0 spiro atoms. The summed E-state index contributed by atoms with van der Waals surface area (Å²) < 4.78 is 40.3. The Morgan fingerprint density at radius 3 is 2.30 bits per heavy atom. The van der Waals surface area contributed by atoms with Gasteiger partial charge in [0.15, 0.2) is 0 Å².